The third kappa shape index (κ3) is 3.46. The largest absolute Gasteiger partial charge is 0.326 e. The molecule has 3 nitrogen and oxygen atoms in total. The Kier molecular flexibility index (Phi) is 4.26. The van der Waals surface area contributed by atoms with Crippen molar-refractivity contribution in [2.75, 3.05) is 11.9 Å². The first-order valence-corrected chi connectivity index (χ1v) is 7.83. The zero-order valence-corrected chi connectivity index (χ0v) is 12.3. The summed E-state index contributed by atoms with van der Waals surface area (Å²) < 4.78 is 0. The second-order valence-electron chi connectivity index (χ2n) is 6.27. The van der Waals surface area contributed by atoms with E-state index in [1.54, 1.807) is 0 Å². The van der Waals surface area contributed by atoms with Gasteiger partial charge in [-0.3, -0.25) is 4.79 Å². The van der Waals surface area contributed by atoms with E-state index in [0.717, 1.165) is 23.1 Å². The molecule has 21 heavy (non-hydrogen) atoms. The highest BCUT2D eigenvalue weighted by Gasteiger charge is 2.40. The van der Waals surface area contributed by atoms with E-state index in [1.165, 1.54) is 25.7 Å². The summed E-state index contributed by atoms with van der Waals surface area (Å²) in [5, 5.41) is 3.00. The lowest BCUT2D eigenvalue weighted by Gasteiger charge is -2.20. The van der Waals surface area contributed by atoms with Crippen LogP contribution in [0.25, 0.3) is 0 Å². The molecule has 3 atom stereocenters. The van der Waals surface area contributed by atoms with E-state index in [-0.39, 0.29) is 5.91 Å². The van der Waals surface area contributed by atoms with Crippen LogP contribution in [0, 0.1) is 29.6 Å². The molecule has 1 aromatic carbocycles. The van der Waals surface area contributed by atoms with Gasteiger partial charge in [0.25, 0.3) is 0 Å². The fourth-order valence-corrected chi connectivity index (χ4v) is 3.87. The number of anilines is 1. The summed E-state index contributed by atoms with van der Waals surface area (Å²) in [6, 6.07) is 7.63. The van der Waals surface area contributed by atoms with E-state index < -0.39 is 0 Å². The fraction of sp³-hybridized carbons (Fsp3) is 0.500. The third-order valence-electron chi connectivity index (χ3n) is 4.84. The lowest BCUT2D eigenvalue weighted by Crippen LogP contribution is -2.20. The number of nitrogens with two attached hydrogens (primary N) is 1. The third-order valence-corrected chi connectivity index (χ3v) is 4.84. The molecule has 2 aliphatic rings. The minimum absolute atomic E-state index is 0.147. The second kappa shape index (κ2) is 6.32. The summed E-state index contributed by atoms with van der Waals surface area (Å²) in [5.41, 5.74) is 7.12. The lowest BCUT2D eigenvalue weighted by molar-refractivity contribution is -0.117. The van der Waals surface area contributed by atoms with E-state index in [9.17, 15) is 4.79 Å². The van der Waals surface area contributed by atoms with E-state index in [0.29, 0.717) is 18.9 Å². The van der Waals surface area contributed by atoms with Gasteiger partial charge in [-0.25, -0.2) is 0 Å². The Bertz CT molecular complexity index is 567. The van der Waals surface area contributed by atoms with E-state index in [1.807, 2.05) is 24.3 Å². The Labute approximate surface area is 126 Å². The summed E-state index contributed by atoms with van der Waals surface area (Å²) in [7, 11) is 0. The molecule has 1 amide bonds. The Morgan fingerprint density at radius 1 is 1.24 bits per heavy atom. The molecule has 1 aromatic rings. The second-order valence-corrected chi connectivity index (χ2v) is 6.27. The van der Waals surface area contributed by atoms with Crippen molar-refractivity contribution in [3.05, 3.63) is 29.8 Å². The Balaban J connectivity index is 1.52. The SMILES string of the molecule is NCC#Cc1ccc(NC(=O)CC2CC3CCC2C3)cc1. The summed E-state index contributed by atoms with van der Waals surface area (Å²) in [4.78, 5) is 12.1. The zero-order chi connectivity index (χ0) is 14.7. The maximum absolute atomic E-state index is 12.1. The molecule has 3 N–H and O–H groups in total. The summed E-state index contributed by atoms with van der Waals surface area (Å²) in [5.74, 6) is 8.25. The van der Waals surface area contributed by atoms with Crippen LogP contribution in [0.3, 0.4) is 0 Å². The van der Waals surface area contributed by atoms with Gasteiger partial charge >= 0.3 is 0 Å². The van der Waals surface area contributed by atoms with E-state index in [2.05, 4.69) is 17.2 Å². The maximum Gasteiger partial charge on any atom is 0.224 e. The highest BCUT2D eigenvalue weighted by Crippen LogP contribution is 2.49. The van der Waals surface area contributed by atoms with Gasteiger partial charge in [0.05, 0.1) is 6.54 Å². The molecule has 3 rings (SSSR count). The monoisotopic (exact) mass is 282 g/mol. The molecular weight excluding hydrogens is 260 g/mol. The van der Waals surface area contributed by atoms with Crippen LogP contribution in [0.4, 0.5) is 5.69 Å². The molecule has 2 fully saturated rings. The lowest BCUT2D eigenvalue weighted by atomic mass is 9.86. The molecular formula is C18H22N2O. The molecule has 2 aliphatic carbocycles. The molecule has 3 unspecified atom stereocenters. The highest BCUT2D eigenvalue weighted by atomic mass is 16.1. The molecule has 0 aromatic heterocycles. The summed E-state index contributed by atoms with van der Waals surface area (Å²) in [6.07, 6.45) is 6.00. The number of carbonyl (C=O) groups is 1. The number of rotatable bonds is 3. The Hall–Kier alpha value is -1.79. The highest BCUT2D eigenvalue weighted by molar-refractivity contribution is 5.90. The number of fused-ring (bicyclic) bond motifs is 2. The minimum atomic E-state index is 0.147. The summed E-state index contributed by atoms with van der Waals surface area (Å²) in [6.45, 7) is 0.363. The molecule has 110 valence electrons. The minimum Gasteiger partial charge on any atom is -0.326 e. The number of hydrogen-bond acceptors (Lipinski definition) is 2. The number of benzene rings is 1. The average Bonchev–Trinajstić information content (AvgIpc) is 3.09. The average molecular weight is 282 g/mol. The van der Waals surface area contributed by atoms with Gasteiger partial charge in [0.2, 0.25) is 5.91 Å². The molecule has 2 bridgehead atoms. The maximum atomic E-state index is 12.1. The van der Waals surface area contributed by atoms with Crippen molar-refractivity contribution in [3.8, 4) is 11.8 Å². The Morgan fingerprint density at radius 2 is 2.05 bits per heavy atom. The molecule has 0 spiro atoms. The van der Waals surface area contributed by atoms with Gasteiger partial charge < -0.3 is 11.1 Å². The van der Waals surface area contributed by atoms with Crippen LogP contribution in [0.5, 0.6) is 0 Å². The quantitative estimate of drug-likeness (QED) is 0.838. The number of hydrogen-bond donors (Lipinski definition) is 2. The van der Waals surface area contributed by atoms with Gasteiger partial charge in [-0.15, -0.1) is 0 Å². The van der Waals surface area contributed by atoms with Crippen molar-refractivity contribution < 1.29 is 4.79 Å². The number of amides is 1. The van der Waals surface area contributed by atoms with Crippen molar-refractivity contribution in [2.45, 2.75) is 32.1 Å². The predicted octanol–water partition coefficient (Wildman–Crippen LogP) is 2.76. The number of nitrogens with one attached hydrogen (secondary N) is 1. The first-order chi connectivity index (χ1) is 10.2. The van der Waals surface area contributed by atoms with Gasteiger partial charge in [-0.1, -0.05) is 18.3 Å². The van der Waals surface area contributed by atoms with E-state index in [4.69, 9.17) is 5.73 Å². The van der Waals surface area contributed by atoms with Crippen LogP contribution in [-0.4, -0.2) is 12.5 Å². The fourth-order valence-electron chi connectivity index (χ4n) is 3.87. The molecule has 0 aliphatic heterocycles. The molecule has 0 heterocycles. The van der Waals surface area contributed by atoms with Crippen molar-refractivity contribution in [1.29, 1.82) is 0 Å². The van der Waals surface area contributed by atoms with Gasteiger partial charge in [0.15, 0.2) is 0 Å². The van der Waals surface area contributed by atoms with Crippen LogP contribution in [0.2, 0.25) is 0 Å². The van der Waals surface area contributed by atoms with Crippen molar-refractivity contribution >= 4 is 11.6 Å². The smallest absolute Gasteiger partial charge is 0.224 e. The number of carbonyl (C=O) groups excluding carboxylic acids is 1. The first-order valence-electron chi connectivity index (χ1n) is 7.83. The van der Waals surface area contributed by atoms with E-state index >= 15 is 0 Å². The van der Waals surface area contributed by atoms with Gasteiger partial charge in [-0.2, -0.15) is 0 Å². The van der Waals surface area contributed by atoms with Crippen molar-refractivity contribution in [2.24, 2.45) is 23.5 Å². The van der Waals surface area contributed by atoms with Crippen molar-refractivity contribution in [3.63, 3.8) is 0 Å². The van der Waals surface area contributed by atoms with Crippen LogP contribution in [0.15, 0.2) is 24.3 Å². The first kappa shape index (κ1) is 14.2. The van der Waals surface area contributed by atoms with Crippen LogP contribution < -0.4 is 11.1 Å². The van der Waals surface area contributed by atoms with Crippen molar-refractivity contribution in [1.82, 2.24) is 0 Å². The van der Waals surface area contributed by atoms with Crippen LogP contribution in [-0.2, 0) is 4.79 Å². The zero-order valence-electron chi connectivity index (χ0n) is 12.3. The predicted molar refractivity (Wildman–Crippen MR) is 84.6 cm³/mol. The van der Waals surface area contributed by atoms with Crippen LogP contribution in [0.1, 0.15) is 37.7 Å². The van der Waals surface area contributed by atoms with Gasteiger partial charge in [0, 0.05) is 17.7 Å². The topological polar surface area (TPSA) is 55.1 Å². The molecule has 2 saturated carbocycles. The molecule has 0 radical (unpaired) electrons. The van der Waals surface area contributed by atoms with Gasteiger partial charge in [0.1, 0.15) is 0 Å². The standard InChI is InChI=1S/C18H22N2O/c19-9-1-2-13-4-7-17(8-5-13)20-18(21)12-16-11-14-3-6-15(16)10-14/h4-5,7-8,14-16H,3,6,9-12,19H2,(H,20,21). The summed E-state index contributed by atoms with van der Waals surface area (Å²) >= 11 is 0. The molecule has 0 saturated heterocycles. The normalized spacial score (nSPS) is 26.2. The van der Waals surface area contributed by atoms with Gasteiger partial charge in [-0.05, 0) is 61.3 Å². The molecule has 3 heteroatoms. The Morgan fingerprint density at radius 3 is 2.67 bits per heavy atom. The van der Waals surface area contributed by atoms with Crippen LogP contribution >= 0.6 is 0 Å².